The Balaban J connectivity index is 1.61. The predicted octanol–water partition coefficient (Wildman–Crippen LogP) is 5.98. The smallest absolute Gasteiger partial charge is 0.389 e. The van der Waals surface area contributed by atoms with Crippen molar-refractivity contribution >= 4 is 23.0 Å². The third-order valence-electron chi connectivity index (χ3n) is 5.44. The summed E-state index contributed by atoms with van der Waals surface area (Å²) in [4.78, 5) is 12.6. The van der Waals surface area contributed by atoms with Crippen LogP contribution in [0.3, 0.4) is 0 Å². The second kappa shape index (κ2) is 9.37. The molecular formula is C25H23F3N4O2S. The number of thiazole rings is 1. The van der Waals surface area contributed by atoms with E-state index < -0.39 is 23.6 Å². The molecule has 0 bridgehead atoms. The molecule has 0 saturated heterocycles. The van der Waals surface area contributed by atoms with Gasteiger partial charge < -0.3 is 15.5 Å². The molecule has 2 unspecified atom stereocenters. The van der Waals surface area contributed by atoms with Gasteiger partial charge in [0, 0.05) is 18.1 Å². The number of aliphatic hydroxyl groups is 2. The van der Waals surface area contributed by atoms with Crippen LogP contribution in [0.4, 0.5) is 24.8 Å². The first kappa shape index (κ1) is 24.8. The Morgan fingerprint density at radius 3 is 2.40 bits per heavy atom. The van der Waals surface area contributed by atoms with Crippen molar-refractivity contribution in [3.63, 3.8) is 0 Å². The number of halogens is 3. The fourth-order valence-corrected chi connectivity index (χ4v) is 4.52. The number of alkyl halides is 3. The van der Waals surface area contributed by atoms with Crippen LogP contribution in [0.2, 0.25) is 0 Å². The minimum absolute atomic E-state index is 0.162. The van der Waals surface area contributed by atoms with Crippen LogP contribution in [0.15, 0.2) is 60.9 Å². The van der Waals surface area contributed by atoms with Gasteiger partial charge in [-0.1, -0.05) is 30.3 Å². The number of aromatic nitrogens is 3. The minimum Gasteiger partial charge on any atom is -0.389 e. The summed E-state index contributed by atoms with van der Waals surface area (Å²) < 4.78 is 38.9. The van der Waals surface area contributed by atoms with E-state index in [0.717, 1.165) is 33.8 Å². The van der Waals surface area contributed by atoms with Gasteiger partial charge in [-0.2, -0.15) is 13.2 Å². The zero-order chi connectivity index (χ0) is 25.4. The van der Waals surface area contributed by atoms with E-state index in [-0.39, 0.29) is 5.95 Å². The summed E-state index contributed by atoms with van der Waals surface area (Å²) in [7, 11) is 0. The van der Waals surface area contributed by atoms with Crippen molar-refractivity contribution in [1.82, 2.24) is 15.0 Å². The Kier molecular flexibility index (Phi) is 6.63. The molecule has 0 fully saturated rings. The Labute approximate surface area is 204 Å². The van der Waals surface area contributed by atoms with Crippen molar-refractivity contribution in [2.45, 2.75) is 38.7 Å². The highest BCUT2D eigenvalue weighted by Gasteiger charge is 2.33. The van der Waals surface area contributed by atoms with Crippen molar-refractivity contribution in [1.29, 1.82) is 0 Å². The number of aliphatic hydroxyl groups excluding tert-OH is 1. The highest BCUT2D eigenvalue weighted by molar-refractivity contribution is 7.15. The Hall–Kier alpha value is -3.34. The Morgan fingerprint density at radius 1 is 1.03 bits per heavy atom. The predicted molar refractivity (Wildman–Crippen MR) is 128 cm³/mol. The van der Waals surface area contributed by atoms with Crippen LogP contribution in [0, 0.1) is 6.92 Å². The van der Waals surface area contributed by atoms with Crippen molar-refractivity contribution < 1.29 is 23.4 Å². The lowest BCUT2D eigenvalue weighted by Gasteiger charge is -2.21. The summed E-state index contributed by atoms with van der Waals surface area (Å²) in [5.74, 6) is -0.162. The number of nitrogens with one attached hydrogen (secondary N) is 1. The topological polar surface area (TPSA) is 91.2 Å². The maximum atomic E-state index is 13.0. The zero-order valence-corrected chi connectivity index (χ0v) is 19.9. The maximum Gasteiger partial charge on any atom is 0.433 e. The van der Waals surface area contributed by atoms with Crippen molar-refractivity contribution in [3.8, 4) is 10.4 Å². The van der Waals surface area contributed by atoms with E-state index in [9.17, 15) is 23.4 Å². The van der Waals surface area contributed by atoms with E-state index in [1.165, 1.54) is 11.3 Å². The number of benzene rings is 2. The van der Waals surface area contributed by atoms with E-state index in [0.29, 0.717) is 16.3 Å². The largest absolute Gasteiger partial charge is 0.433 e. The van der Waals surface area contributed by atoms with Gasteiger partial charge in [0.25, 0.3) is 0 Å². The van der Waals surface area contributed by atoms with E-state index in [2.05, 4.69) is 20.3 Å². The molecule has 0 saturated carbocycles. The number of aryl methyl sites for hydroxylation is 1. The van der Waals surface area contributed by atoms with E-state index in [1.807, 2.05) is 13.0 Å². The molecule has 6 nitrogen and oxygen atoms in total. The minimum atomic E-state index is -4.57. The fraction of sp³-hybridized carbons (Fsp3) is 0.240. The highest BCUT2D eigenvalue weighted by Crippen LogP contribution is 2.37. The van der Waals surface area contributed by atoms with Gasteiger partial charge in [-0.3, -0.25) is 0 Å². The Bertz CT molecular complexity index is 1340. The number of hydrogen-bond donors (Lipinski definition) is 3. The molecule has 2 aromatic heterocycles. The van der Waals surface area contributed by atoms with Crippen molar-refractivity contribution in [3.05, 3.63) is 88.3 Å². The van der Waals surface area contributed by atoms with Gasteiger partial charge in [0.1, 0.15) is 16.3 Å². The van der Waals surface area contributed by atoms with Crippen LogP contribution in [-0.2, 0) is 11.8 Å². The molecule has 0 aliphatic carbocycles. The number of anilines is 2. The molecule has 4 aromatic rings. The lowest BCUT2D eigenvalue weighted by atomic mass is 9.95. The molecule has 4 rings (SSSR count). The first-order valence-corrected chi connectivity index (χ1v) is 11.5. The first-order chi connectivity index (χ1) is 16.4. The lowest BCUT2D eigenvalue weighted by molar-refractivity contribution is -0.141. The number of nitrogens with zero attached hydrogens (tertiary/aromatic N) is 3. The molecule has 0 spiro atoms. The van der Waals surface area contributed by atoms with Crippen LogP contribution >= 0.6 is 11.3 Å². The SMILES string of the molecule is Cc1cc(Nc2nccc(C(F)(F)F)n2)cc(-c2cnc(C(C)(O)c3ccc(C(C)O)cc3)s2)c1. The molecule has 0 aliphatic rings. The normalized spacial score (nSPS) is 14.4. The van der Waals surface area contributed by atoms with Gasteiger partial charge in [-0.05, 0) is 61.2 Å². The molecule has 2 aromatic carbocycles. The molecule has 0 radical (unpaired) electrons. The van der Waals surface area contributed by atoms with Crippen molar-refractivity contribution in [2.75, 3.05) is 5.32 Å². The van der Waals surface area contributed by atoms with Gasteiger partial charge in [0.15, 0.2) is 0 Å². The van der Waals surface area contributed by atoms with Gasteiger partial charge >= 0.3 is 6.18 Å². The lowest BCUT2D eigenvalue weighted by Crippen LogP contribution is -2.22. The maximum absolute atomic E-state index is 13.0. The third-order valence-corrected chi connectivity index (χ3v) is 6.70. The molecule has 35 heavy (non-hydrogen) atoms. The van der Waals surface area contributed by atoms with E-state index in [4.69, 9.17) is 0 Å². The first-order valence-electron chi connectivity index (χ1n) is 10.7. The van der Waals surface area contributed by atoms with Gasteiger partial charge in [-0.25, -0.2) is 15.0 Å². The third kappa shape index (κ3) is 5.50. The summed E-state index contributed by atoms with van der Waals surface area (Å²) in [6, 6.07) is 13.3. The number of hydrogen-bond acceptors (Lipinski definition) is 7. The van der Waals surface area contributed by atoms with E-state index in [1.54, 1.807) is 56.4 Å². The van der Waals surface area contributed by atoms with Crippen LogP contribution in [0.25, 0.3) is 10.4 Å². The fourth-order valence-electron chi connectivity index (χ4n) is 3.55. The second-order valence-electron chi connectivity index (χ2n) is 8.38. The molecule has 3 N–H and O–H groups in total. The number of rotatable bonds is 6. The molecule has 0 amide bonds. The molecule has 10 heteroatoms. The standard InChI is InChI=1S/C25H23F3N4O2S/c1-14-10-17(12-19(11-14)31-23-29-9-8-21(32-23)25(26,27)28)20-13-30-22(35-20)24(3,34)18-6-4-16(5-7-18)15(2)33/h4-13,15,33-34H,1-3H3,(H,29,31,32). The van der Waals surface area contributed by atoms with Crippen LogP contribution in [0.5, 0.6) is 0 Å². The van der Waals surface area contributed by atoms with Crippen molar-refractivity contribution in [2.24, 2.45) is 0 Å². The van der Waals surface area contributed by atoms with E-state index >= 15 is 0 Å². The molecule has 0 aliphatic heterocycles. The van der Waals surface area contributed by atoms with Gasteiger partial charge in [0.2, 0.25) is 5.95 Å². The van der Waals surface area contributed by atoms with Gasteiger partial charge in [-0.15, -0.1) is 11.3 Å². The molecule has 2 heterocycles. The summed E-state index contributed by atoms with van der Waals surface area (Å²) >= 11 is 1.31. The highest BCUT2D eigenvalue weighted by atomic mass is 32.1. The summed E-state index contributed by atoms with van der Waals surface area (Å²) in [6.07, 6.45) is -2.46. The van der Waals surface area contributed by atoms with Crippen LogP contribution in [0.1, 0.15) is 47.3 Å². The second-order valence-corrected chi connectivity index (χ2v) is 9.41. The zero-order valence-electron chi connectivity index (χ0n) is 19.1. The average molecular weight is 501 g/mol. The molecule has 182 valence electrons. The van der Waals surface area contributed by atoms with Crippen LogP contribution < -0.4 is 5.32 Å². The summed E-state index contributed by atoms with van der Waals surface area (Å²) in [5, 5.41) is 24.2. The monoisotopic (exact) mass is 500 g/mol. The quantitative estimate of drug-likeness (QED) is 0.302. The summed E-state index contributed by atoms with van der Waals surface area (Å²) in [6.45, 7) is 5.19. The molecular weight excluding hydrogens is 477 g/mol. The van der Waals surface area contributed by atoms with Gasteiger partial charge in [0.05, 0.1) is 11.0 Å². The summed E-state index contributed by atoms with van der Waals surface area (Å²) in [5.41, 5.74) is 1.17. The molecule has 2 atom stereocenters. The Morgan fingerprint density at radius 2 is 1.74 bits per heavy atom. The average Bonchev–Trinajstić information content (AvgIpc) is 3.30. The van der Waals surface area contributed by atoms with Crippen LogP contribution in [-0.4, -0.2) is 25.2 Å².